The lowest BCUT2D eigenvalue weighted by Gasteiger charge is -2.43. The van der Waals surface area contributed by atoms with Gasteiger partial charge in [-0.05, 0) is 63.3 Å². The Morgan fingerprint density at radius 2 is 1.69 bits per heavy atom. The van der Waals surface area contributed by atoms with E-state index in [4.69, 9.17) is 0 Å². The summed E-state index contributed by atoms with van der Waals surface area (Å²) in [6.07, 6.45) is 6.18. The highest BCUT2D eigenvalue weighted by Crippen LogP contribution is 2.55. The Bertz CT molecular complexity index is 191. The van der Waals surface area contributed by atoms with E-state index in [1.165, 1.54) is 13.0 Å². The van der Waals surface area contributed by atoms with Gasteiger partial charge in [-0.1, -0.05) is 0 Å². The Kier molecular flexibility index (Phi) is 1.74. The molecule has 3 fully saturated rings. The van der Waals surface area contributed by atoms with Gasteiger partial charge in [-0.3, -0.25) is 0 Å². The van der Waals surface area contributed by atoms with Crippen LogP contribution in [0.25, 0.3) is 0 Å². The van der Waals surface area contributed by atoms with Crippen molar-refractivity contribution in [3.05, 3.63) is 0 Å². The first kappa shape index (κ1) is 8.28. The lowest BCUT2D eigenvalue weighted by molar-refractivity contribution is 0.0580. The van der Waals surface area contributed by atoms with Crippen LogP contribution >= 0.6 is 0 Å². The van der Waals surface area contributed by atoms with E-state index in [0.717, 1.165) is 29.7 Å². The largest absolute Gasteiger partial charge is 0.303 e. The molecule has 0 aromatic carbocycles. The molecular weight excluding hydrogens is 158 g/mol. The van der Waals surface area contributed by atoms with Gasteiger partial charge < -0.3 is 4.90 Å². The number of nitrogens with zero attached hydrogens (tertiary/aromatic N) is 1. The highest BCUT2D eigenvalue weighted by Gasteiger charge is 2.49. The summed E-state index contributed by atoms with van der Waals surface area (Å²) in [5.74, 6) is 4.45. The molecule has 1 nitrogen and oxygen atoms in total. The molecule has 3 aliphatic rings. The monoisotopic (exact) mass is 179 g/mol. The molecule has 0 spiro atoms. The van der Waals surface area contributed by atoms with Gasteiger partial charge >= 0.3 is 0 Å². The van der Waals surface area contributed by atoms with Crippen LogP contribution in [0.3, 0.4) is 0 Å². The molecule has 5 unspecified atom stereocenters. The fourth-order valence-electron chi connectivity index (χ4n) is 4.27. The summed E-state index contributed by atoms with van der Waals surface area (Å²) >= 11 is 0. The maximum Gasteiger partial charge on any atom is 0.00668 e. The summed E-state index contributed by atoms with van der Waals surface area (Å²) in [6.45, 7) is 3.80. The number of rotatable bonds is 0. The topological polar surface area (TPSA) is 3.24 Å². The summed E-state index contributed by atoms with van der Waals surface area (Å²) < 4.78 is 0. The average molecular weight is 179 g/mol. The fraction of sp³-hybridized carbons (Fsp3) is 1.00. The van der Waals surface area contributed by atoms with E-state index in [-0.39, 0.29) is 0 Å². The van der Waals surface area contributed by atoms with E-state index < -0.39 is 0 Å². The van der Waals surface area contributed by atoms with Gasteiger partial charge in [0.2, 0.25) is 0 Å². The molecule has 0 N–H and O–H groups in total. The first-order valence-corrected chi connectivity index (χ1v) is 5.96. The predicted octanol–water partition coefficient (Wildman–Crippen LogP) is 2.37. The van der Waals surface area contributed by atoms with Crippen LogP contribution in [-0.2, 0) is 0 Å². The number of fused-ring (bicyclic) bond motifs is 5. The van der Waals surface area contributed by atoms with Gasteiger partial charge in [0.25, 0.3) is 0 Å². The SMILES string of the molecule is CC1CC2C3CCC(C3)C2CN1C. The van der Waals surface area contributed by atoms with E-state index >= 15 is 0 Å². The van der Waals surface area contributed by atoms with Gasteiger partial charge in [-0.2, -0.15) is 0 Å². The van der Waals surface area contributed by atoms with Gasteiger partial charge in [0, 0.05) is 12.6 Å². The van der Waals surface area contributed by atoms with Crippen molar-refractivity contribution < 1.29 is 0 Å². The van der Waals surface area contributed by atoms with E-state index in [9.17, 15) is 0 Å². The Hall–Kier alpha value is -0.0400. The first-order valence-electron chi connectivity index (χ1n) is 5.96. The Labute approximate surface area is 81.5 Å². The maximum absolute atomic E-state index is 2.59. The molecule has 0 aromatic heterocycles. The summed E-state index contributed by atoms with van der Waals surface area (Å²) in [6, 6.07) is 0.848. The van der Waals surface area contributed by atoms with E-state index in [1.54, 1.807) is 19.3 Å². The van der Waals surface area contributed by atoms with Crippen LogP contribution in [0, 0.1) is 23.7 Å². The Morgan fingerprint density at radius 1 is 1.00 bits per heavy atom. The lowest BCUT2D eigenvalue weighted by atomic mass is 9.73. The first-order chi connectivity index (χ1) is 6.25. The summed E-state index contributed by atoms with van der Waals surface area (Å²) in [5.41, 5.74) is 0. The van der Waals surface area contributed by atoms with Crippen LogP contribution in [0.4, 0.5) is 0 Å². The average Bonchev–Trinajstić information content (AvgIpc) is 2.67. The zero-order valence-electron chi connectivity index (χ0n) is 8.87. The van der Waals surface area contributed by atoms with Crippen LogP contribution in [0.15, 0.2) is 0 Å². The molecule has 0 amide bonds. The number of hydrogen-bond donors (Lipinski definition) is 0. The second-order valence-corrected chi connectivity index (χ2v) is 5.69. The highest BCUT2D eigenvalue weighted by atomic mass is 15.1. The molecule has 13 heavy (non-hydrogen) atoms. The molecule has 0 radical (unpaired) electrons. The van der Waals surface area contributed by atoms with Gasteiger partial charge in [0.1, 0.15) is 0 Å². The standard InChI is InChI=1S/C12H21N/c1-8-5-11-9-3-4-10(6-9)12(11)7-13(8)2/h8-12H,3-7H2,1-2H3. The third kappa shape index (κ3) is 1.09. The Morgan fingerprint density at radius 3 is 2.46 bits per heavy atom. The lowest BCUT2D eigenvalue weighted by Crippen LogP contribution is -2.45. The van der Waals surface area contributed by atoms with Crippen LogP contribution in [0.2, 0.25) is 0 Å². The number of hydrogen-bond acceptors (Lipinski definition) is 1. The van der Waals surface area contributed by atoms with Crippen molar-refractivity contribution in [2.24, 2.45) is 23.7 Å². The van der Waals surface area contributed by atoms with Crippen LogP contribution in [0.5, 0.6) is 0 Å². The molecular formula is C12H21N. The third-order valence-electron chi connectivity index (χ3n) is 5.14. The van der Waals surface area contributed by atoms with E-state index in [1.807, 2.05) is 0 Å². The molecule has 1 heteroatoms. The molecule has 1 heterocycles. The van der Waals surface area contributed by atoms with Crippen LogP contribution in [0.1, 0.15) is 32.6 Å². The quantitative estimate of drug-likeness (QED) is 0.552. The normalized spacial score (nSPS) is 55.4. The summed E-state index contributed by atoms with van der Waals surface area (Å²) in [4.78, 5) is 2.59. The van der Waals surface area contributed by atoms with E-state index in [0.29, 0.717) is 0 Å². The van der Waals surface area contributed by atoms with Crippen molar-refractivity contribution in [1.82, 2.24) is 4.90 Å². The van der Waals surface area contributed by atoms with E-state index in [2.05, 4.69) is 18.9 Å². The second kappa shape index (κ2) is 2.73. The smallest absolute Gasteiger partial charge is 0.00668 e. The van der Waals surface area contributed by atoms with Gasteiger partial charge in [-0.25, -0.2) is 0 Å². The predicted molar refractivity (Wildman–Crippen MR) is 54.5 cm³/mol. The molecule has 1 saturated heterocycles. The van der Waals surface area contributed by atoms with Crippen molar-refractivity contribution in [2.45, 2.75) is 38.6 Å². The van der Waals surface area contributed by atoms with Gasteiger partial charge in [0.15, 0.2) is 0 Å². The molecule has 5 atom stereocenters. The minimum atomic E-state index is 0.848. The van der Waals surface area contributed by atoms with Crippen molar-refractivity contribution in [3.8, 4) is 0 Å². The van der Waals surface area contributed by atoms with Crippen molar-refractivity contribution in [2.75, 3.05) is 13.6 Å². The summed E-state index contributed by atoms with van der Waals surface area (Å²) in [5, 5.41) is 0. The Balaban J connectivity index is 1.81. The number of piperidine rings is 1. The zero-order chi connectivity index (χ0) is 9.00. The van der Waals surface area contributed by atoms with Crippen LogP contribution in [-0.4, -0.2) is 24.5 Å². The van der Waals surface area contributed by atoms with Crippen LogP contribution < -0.4 is 0 Å². The highest BCUT2D eigenvalue weighted by molar-refractivity contribution is 5.00. The van der Waals surface area contributed by atoms with Crippen molar-refractivity contribution in [1.29, 1.82) is 0 Å². The molecule has 3 rings (SSSR count). The molecule has 2 saturated carbocycles. The van der Waals surface area contributed by atoms with Crippen molar-refractivity contribution in [3.63, 3.8) is 0 Å². The fourth-order valence-corrected chi connectivity index (χ4v) is 4.27. The number of likely N-dealkylation sites (tertiary alicyclic amines) is 1. The minimum absolute atomic E-state index is 0.848. The molecule has 2 aliphatic carbocycles. The second-order valence-electron chi connectivity index (χ2n) is 5.69. The maximum atomic E-state index is 2.59. The van der Waals surface area contributed by atoms with Crippen molar-refractivity contribution >= 4 is 0 Å². The molecule has 1 aliphatic heterocycles. The minimum Gasteiger partial charge on any atom is -0.303 e. The van der Waals surface area contributed by atoms with Gasteiger partial charge in [-0.15, -0.1) is 0 Å². The third-order valence-corrected chi connectivity index (χ3v) is 5.14. The summed E-state index contributed by atoms with van der Waals surface area (Å²) in [7, 11) is 2.31. The molecule has 2 bridgehead atoms. The zero-order valence-corrected chi connectivity index (χ0v) is 8.87. The van der Waals surface area contributed by atoms with Gasteiger partial charge in [0.05, 0.1) is 0 Å². The molecule has 74 valence electrons. The molecule has 0 aromatic rings.